The number of carbonyl (C=O) groups is 5. The van der Waals surface area contributed by atoms with Crippen LogP contribution in [0.15, 0.2) is 53.5 Å². The van der Waals surface area contributed by atoms with E-state index in [9.17, 15) is 28.8 Å². The van der Waals surface area contributed by atoms with Crippen LogP contribution in [0, 0.1) is 5.41 Å². The number of imide groups is 2. The number of likely N-dealkylation sites (tertiary alicyclic amines) is 1. The van der Waals surface area contributed by atoms with Crippen molar-refractivity contribution in [3.05, 3.63) is 75.2 Å². The molecule has 1 spiro atoms. The highest BCUT2D eigenvalue weighted by Crippen LogP contribution is 2.45. The van der Waals surface area contributed by atoms with Gasteiger partial charge in [-0.05, 0) is 114 Å². The Balaban J connectivity index is 0.676. The second-order valence-corrected chi connectivity index (χ2v) is 19.6. The number of anilines is 4. The molecule has 6 aliphatic rings. The third-order valence-electron chi connectivity index (χ3n) is 14.5. The van der Waals surface area contributed by atoms with Crippen LogP contribution in [0.3, 0.4) is 0 Å². The predicted octanol–water partition coefficient (Wildman–Crippen LogP) is 4.41. The zero-order valence-electron chi connectivity index (χ0n) is 37.9. The zero-order chi connectivity index (χ0) is 46.7. The predicted molar refractivity (Wildman–Crippen MR) is 250 cm³/mol. The summed E-state index contributed by atoms with van der Waals surface area (Å²) >= 11 is 6.61. The van der Waals surface area contributed by atoms with Crippen molar-refractivity contribution in [2.24, 2.45) is 5.41 Å². The van der Waals surface area contributed by atoms with E-state index in [2.05, 4.69) is 35.6 Å². The largest absolute Gasteiger partial charge is 0.478 e. The summed E-state index contributed by atoms with van der Waals surface area (Å²) in [5.41, 5.74) is 2.91. The molecule has 10 rings (SSSR count). The highest BCUT2D eigenvalue weighted by atomic mass is 35.5. The van der Waals surface area contributed by atoms with Crippen molar-refractivity contribution in [3.63, 3.8) is 0 Å². The third kappa shape index (κ3) is 8.59. The number of amides is 5. The second kappa shape index (κ2) is 17.8. The Kier molecular flexibility index (Phi) is 11.9. The quantitative estimate of drug-likeness (QED) is 0.169. The summed E-state index contributed by atoms with van der Waals surface area (Å²) in [6.07, 6.45) is 8.33. The fraction of sp³-hybridized carbons (Fsp3) is 0.500. The molecule has 5 amide bonds. The Labute approximate surface area is 392 Å². The average Bonchev–Trinajstić information content (AvgIpc) is 3.54. The average molecular weight is 935 g/mol. The number of nitrogens with one attached hydrogen (secondary N) is 3. The molecule has 1 atom stereocenters. The monoisotopic (exact) mass is 934 g/mol. The molecule has 7 heterocycles. The Morgan fingerprint density at radius 2 is 1.66 bits per heavy atom. The lowest BCUT2D eigenvalue weighted by Crippen LogP contribution is -2.62. The van der Waals surface area contributed by atoms with Gasteiger partial charge in [0.15, 0.2) is 18.2 Å². The van der Waals surface area contributed by atoms with Crippen molar-refractivity contribution < 1.29 is 33.4 Å². The molecule has 19 heteroatoms. The molecule has 1 saturated carbocycles. The van der Waals surface area contributed by atoms with Crippen molar-refractivity contribution in [2.75, 3.05) is 68.0 Å². The number of benzene rings is 2. The fourth-order valence-corrected chi connectivity index (χ4v) is 10.8. The van der Waals surface area contributed by atoms with Gasteiger partial charge in [-0.3, -0.25) is 39.0 Å². The fourth-order valence-electron chi connectivity index (χ4n) is 10.7. The number of piperidine rings is 3. The van der Waals surface area contributed by atoms with E-state index in [1.165, 1.54) is 7.05 Å². The van der Waals surface area contributed by atoms with Gasteiger partial charge in [0.25, 0.3) is 23.3 Å². The highest BCUT2D eigenvalue weighted by molar-refractivity contribution is 6.33. The molecule has 4 aromatic rings. The summed E-state index contributed by atoms with van der Waals surface area (Å²) in [4.78, 5) is 93.3. The van der Waals surface area contributed by atoms with E-state index in [0.717, 1.165) is 99.3 Å². The van der Waals surface area contributed by atoms with Gasteiger partial charge in [-0.15, -0.1) is 0 Å². The number of rotatable bonds is 12. The van der Waals surface area contributed by atoms with Gasteiger partial charge in [0, 0.05) is 73.9 Å². The van der Waals surface area contributed by atoms with Crippen molar-refractivity contribution >= 4 is 75.2 Å². The Hall–Kier alpha value is -6.11. The number of halogens is 1. The molecule has 0 radical (unpaired) electrons. The number of pyridine rings is 1. The van der Waals surface area contributed by atoms with Crippen LogP contribution >= 0.6 is 11.6 Å². The maximum atomic E-state index is 13.4. The third-order valence-corrected chi connectivity index (χ3v) is 14.8. The second-order valence-electron chi connectivity index (χ2n) is 19.1. The molecular weight excluding hydrogens is 880 g/mol. The number of ether oxygens (including phenoxy) is 2. The molecular formula is C48H55ClN10O8. The first-order valence-corrected chi connectivity index (χ1v) is 23.7. The van der Waals surface area contributed by atoms with E-state index in [0.29, 0.717) is 39.6 Å². The van der Waals surface area contributed by atoms with Gasteiger partial charge >= 0.3 is 0 Å². The first kappa shape index (κ1) is 44.7. The molecule has 2 aromatic carbocycles. The van der Waals surface area contributed by atoms with Crippen LogP contribution in [-0.4, -0.2) is 131 Å². The lowest BCUT2D eigenvalue weighted by atomic mass is 9.71. The Morgan fingerprint density at radius 3 is 2.37 bits per heavy atom. The molecule has 1 aliphatic carbocycles. The van der Waals surface area contributed by atoms with Crippen molar-refractivity contribution in [1.29, 1.82) is 0 Å². The van der Waals surface area contributed by atoms with E-state index in [4.69, 9.17) is 26.1 Å². The number of likely N-dealkylation sites (N-methyl/N-ethyl adjacent to an activating group) is 1. The summed E-state index contributed by atoms with van der Waals surface area (Å²) in [5.74, 6) is -1.15. The zero-order valence-corrected chi connectivity index (χ0v) is 38.6. The first-order chi connectivity index (χ1) is 32.3. The van der Waals surface area contributed by atoms with Gasteiger partial charge in [-0.25, -0.2) is 4.98 Å². The molecule has 5 aliphatic heterocycles. The number of carbonyl (C=O) groups excluding carboxylic acids is 5. The first-order valence-electron chi connectivity index (χ1n) is 23.3. The number of fused-ring (bicyclic) bond motifs is 2. The number of aromatic nitrogens is 3. The number of hydrogen-bond acceptors (Lipinski definition) is 14. The van der Waals surface area contributed by atoms with Crippen molar-refractivity contribution in [3.8, 4) is 5.75 Å². The number of hydrogen-bond donors (Lipinski definition) is 3. The van der Waals surface area contributed by atoms with Gasteiger partial charge in [0.05, 0.1) is 35.0 Å². The van der Waals surface area contributed by atoms with E-state index in [1.807, 2.05) is 38.1 Å². The minimum atomic E-state index is -0.971. The topological polar surface area (TPSA) is 201 Å². The normalized spacial score (nSPS) is 23.1. The van der Waals surface area contributed by atoms with E-state index in [-0.39, 0.29) is 60.3 Å². The Morgan fingerprint density at radius 1 is 0.910 bits per heavy atom. The van der Waals surface area contributed by atoms with Crippen LogP contribution in [0.1, 0.15) is 92.0 Å². The molecule has 18 nitrogen and oxygen atoms in total. The molecule has 0 bridgehead atoms. The minimum Gasteiger partial charge on any atom is -0.478 e. The molecule has 352 valence electrons. The van der Waals surface area contributed by atoms with Crippen LogP contribution in [0.25, 0.3) is 10.9 Å². The lowest BCUT2D eigenvalue weighted by Gasteiger charge is -2.57. The minimum absolute atomic E-state index is 0.0914. The van der Waals surface area contributed by atoms with Gasteiger partial charge in [-0.1, -0.05) is 11.6 Å². The van der Waals surface area contributed by atoms with Crippen LogP contribution in [0.4, 0.5) is 23.1 Å². The van der Waals surface area contributed by atoms with Crippen molar-refractivity contribution in [2.45, 2.75) is 95.5 Å². The molecule has 1 unspecified atom stereocenters. The summed E-state index contributed by atoms with van der Waals surface area (Å²) in [5, 5.41) is 9.22. The SMILES string of the molecule is CNC(=O)COc1cc2cc(Nc3nc(N4CCC(OC5CC(N6CCC7(CC6)CN(c6ccc8c(c6)C(=O)N(C6CCC(=O)NC6=O)C8=O)C7)C5)CC4)ncc3Cl)ccc2n(C(C)C)c1=O. The smallest absolute Gasteiger partial charge is 0.293 e. The highest BCUT2D eigenvalue weighted by Gasteiger charge is 2.49. The van der Waals surface area contributed by atoms with E-state index < -0.39 is 29.7 Å². The van der Waals surface area contributed by atoms with Crippen LogP contribution in [0.5, 0.6) is 5.75 Å². The molecule has 2 aromatic heterocycles. The lowest BCUT2D eigenvalue weighted by molar-refractivity contribution is -0.136. The maximum absolute atomic E-state index is 13.4. The van der Waals surface area contributed by atoms with Gasteiger partial charge < -0.3 is 39.4 Å². The molecule has 67 heavy (non-hydrogen) atoms. The molecule has 4 saturated heterocycles. The summed E-state index contributed by atoms with van der Waals surface area (Å²) in [7, 11) is 1.51. The van der Waals surface area contributed by atoms with Crippen molar-refractivity contribution in [1.82, 2.24) is 35.0 Å². The van der Waals surface area contributed by atoms with Gasteiger partial charge in [0.2, 0.25) is 17.8 Å². The van der Waals surface area contributed by atoms with Gasteiger partial charge in [0.1, 0.15) is 11.1 Å². The summed E-state index contributed by atoms with van der Waals surface area (Å²) < 4.78 is 13.9. The van der Waals surface area contributed by atoms with E-state index >= 15 is 0 Å². The molecule has 5 fully saturated rings. The van der Waals surface area contributed by atoms with Crippen LogP contribution in [0.2, 0.25) is 5.02 Å². The summed E-state index contributed by atoms with van der Waals surface area (Å²) in [6, 6.07) is 12.1. The number of nitrogens with zero attached hydrogens (tertiary/aromatic N) is 7. The van der Waals surface area contributed by atoms with Gasteiger partial charge in [-0.2, -0.15) is 4.98 Å². The van der Waals surface area contributed by atoms with E-state index in [1.54, 1.807) is 29.0 Å². The maximum Gasteiger partial charge on any atom is 0.293 e. The summed E-state index contributed by atoms with van der Waals surface area (Å²) in [6.45, 7) is 9.01. The Bertz CT molecular complexity index is 2720. The standard InChI is InChI=1S/C48H55ClN10O8/c1-27(2)58-37-7-4-29(18-28(37)19-39(46(58)65)66-24-41(61)50-3)52-42-36(49)23-51-47(54-42)56-14-10-32(11-15-56)67-33-20-31(21-33)55-16-12-48(13-17-55)25-57(26-48)30-5-6-34-35(22-30)45(64)59(44(34)63)38-8-9-40(60)53-43(38)62/h4-7,18-19,22-23,27,31-33,38H,8-17,20-21,24-26H2,1-3H3,(H,50,61)(H,51,52,54)(H,53,60,62). The molecule has 3 N–H and O–H groups in total. The van der Waals surface area contributed by atoms with Crippen LogP contribution in [-0.2, 0) is 19.1 Å². The van der Waals surface area contributed by atoms with Crippen LogP contribution < -0.4 is 36.0 Å².